The van der Waals surface area contributed by atoms with E-state index in [2.05, 4.69) is 15.9 Å². The number of amides is 1. The van der Waals surface area contributed by atoms with Crippen LogP contribution in [0.2, 0.25) is 5.02 Å². The molecule has 3 nitrogen and oxygen atoms in total. The molecule has 0 fully saturated rings. The summed E-state index contributed by atoms with van der Waals surface area (Å²) in [6.45, 7) is 0. The number of carbonyl (C=O) groups is 1. The average Bonchev–Trinajstić information content (AvgIpc) is 2.40. The van der Waals surface area contributed by atoms with Crippen molar-refractivity contribution in [2.45, 2.75) is 0 Å². The van der Waals surface area contributed by atoms with Crippen LogP contribution in [0.3, 0.4) is 0 Å². The van der Waals surface area contributed by atoms with Crippen LogP contribution in [0.1, 0.15) is 10.4 Å². The van der Waals surface area contributed by atoms with Gasteiger partial charge in [0, 0.05) is 16.5 Å². The molecule has 0 spiro atoms. The average molecular weight is 358 g/mol. The highest BCUT2D eigenvalue weighted by molar-refractivity contribution is 9.10. The molecular formula is C14H11BrClFN2O. The maximum atomic E-state index is 13.8. The molecule has 2 aromatic rings. The van der Waals surface area contributed by atoms with Gasteiger partial charge in [-0.15, -0.1) is 0 Å². The Hall–Kier alpha value is -1.59. The van der Waals surface area contributed by atoms with Crippen molar-refractivity contribution in [2.24, 2.45) is 0 Å². The van der Waals surface area contributed by atoms with E-state index >= 15 is 0 Å². The first-order valence-corrected chi connectivity index (χ1v) is 6.86. The molecule has 0 saturated carbocycles. The van der Waals surface area contributed by atoms with Gasteiger partial charge < -0.3 is 10.6 Å². The quantitative estimate of drug-likeness (QED) is 0.823. The number of nitrogens with two attached hydrogens (primary N) is 1. The van der Waals surface area contributed by atoms with Crippen LogP contribution in [0.5, 0.6) is 0 Å². The maximum Gasteiger partial charge on any atom is 0.262 e. The van der Waals surface area contributed by atoms with Crippen molar-refractivity contribution in [3.8, 4) is 0 Å². The highest BCUT2D eigenvalue weighted by Gasteiger charge is 2.21. The monoisotopic (exact) mass is 356 g/mol. The van der Waals surface area contributed by atoms with Gasteiger partial charge in [0.15, 0.2) is 0 Å². The van der Waals surface area contributed by atoms with E-state index in [1.54, 1.807) is 24.3 Å². The van der Waals surface area contributed by atoms with Crippen LogP contribution in [0.15, 0.2) is 40.9 Å². The number of rotatable bonds is 2. The summed E-state index contributed by atoms with van der Waals surface area (Å²) in [5.74, 6) is -1.11. The number of halogens is 3. The van der Waals surface area contributed by atoms with Gasteiger partial charge in [0.05, 0.1) is 16.9 Å². The summed E-state index contributed by atoms with van der Waals surface area (Å²) in [7, 11) is 1.52. The highest BCUT2D eigenvalue weighted by Crippen LogP contribution is 2.29. The molecule has 104 valence electrons. The summed E-state index contributed by atoms with van der Waals surface area (Å²) in [6.07, 6.45) is 0. The van der Waals surface area contributed by atoms with Gasteiger partial charge >= 0.3 is 0 Å². The summed E-state index contributed by atoms with van der Waals surface area (Å²) < 4.78 is 14.2. The second-order valence-electron chi connectivity index (χ2n) is 4.16. The van der Waals surface area contributed by atoms with E-state index in [0.29, 0.717) is 20.9 Å². The normalized spacial score (nSPS) is 10.4. The second kappa shape index (κ2) is 5.81. The molecule has 0 aromatic heterocycles. The van der Waals surface area contributed by atoms with Crippen LogP contribution in [-0.2, 0) is 0 Å². The topological polar surface area (TPSA) is 46.3 Å². The van der Waals surface area contributed by atoms with Gasteiger partial charge in [0.25, 0.3) is 5.91 Å². The fourth-order valence-electron chi connectivity index (χ4n) is 1.79. The third kappa shape index (κ3) is 2.78. The smallest absolute Gasteiger partial charge is 0.262 e. The standard InChI is InChI=1S/C14H11BrClFN2O/c1-19(12-7-8(16)5-6-11(12)18)14(20)13-9(15)3-2-4-10(13)17/h2-7H,18H2,1H3. The third-order valence-electron chi connectivity index (χ3n) is 2.84. The number of anilines is 2. The van der Waals surface area contributed by atoms with E-state index in [1.165, 1.54) is 24.1 Å². The molecule has 0 unspecified atom stereocenters. The number of nitrogens with zero attached hydrogens (tertiary/aromatic N) is 1. The summed E-state index contributed by atoms with van der Waals surface area (Å²) >= 11 is 9.07. The molecular weight excluding hydrogens is 347 g/mol. The fraction of sp³-hybridized carbons (Fsp3) is 0.0714. The van der Waals surface area contributed by atoms with Crippen LogP contribution < -0.4 is 10.6 Å². The summed E-state index contributed by atoms with van der Waals surface area (Å²) in [5, 5.41) is 0.446. The molecule has 0 heterocycles. The zero-order chi connectivity index (χ0) is 14.9. The van der Waals surface area contributed by atoms with Crippen molar-refractivity contribution >= 4 is 44.8 Å². The van der Waals surface area contributed by atoms with Crippen molar-refractivity contribution < 1.29 is 9.18 Å². The molecule has 0 atom stereocenters. The Kier molecular flexibility index (Phi) is 4.30. The van der Waals surface area contributed by atoms with Gasteiger partial charge in [-0.25, -0.2) is 4.39 Å². The number of nitrogen functional groups attached to an aromatic ring is 1. The minimum Gasteiger partial charge on any atom is -0.397 e. The fourth-order valence-corrected chi connectivity index (χ4v) is 2.46. The van der Waals surface area contributed by atoms with E-state index in [1.807, 2.05) is 0 Å². The van der Waals surface area contributed by atoms with Gasteiger partial charge in [-0.2, -0.15) is 0 Å². The Balaban J connectivity index is 2.45. The van der Waals surface area contributed by atoms with Crippen molar-refractivity contribution in [3.63, 3.8) is 0 Å². The van der Waals surface area contributed by atoms with Crippen LogP contribution in [0.4, 0.5) is 15.8 Å². The largest absolute Gasteiger partial charge is 0.397 e. The van der Waals surface area contributed by atoms with E-state index < -0.39 is 11.7 Å². The SMILES string of the molecule is CN(C(=O)c1c(F)cccc1Br)c1cc(Cl)ccc1N. The zero-order valence-electron chi connectivity index (χ0n) is 10.5. The molecule has 0 aliphatic heterocycles. The molecule has 0 aliphatic rings. The lowest BCUT2D eigenvalue weighted by Crippen LogP contribution is -2.28. The Morgan fingerprint density at radius 2 is 2.05 bits per heavy atom. The van der Waals surface area contributed by atoms with Crippen LogP contribution in [0, 0.1) is 5.82 Å². The van der Waals surface area contributed by atoms with Crippen LogP contribution >= 0.6 is 27.5 Å². The Bertz CT molecular complexity index is 658. The predicted molar refractivity (Wildman–Crippen MR) is 82.7 cm³/mol. The molecule has 1 amide bonds. The van der Waals surface area contributed by atoms with Crippen molar-refractivity contribution in [3.05, 3.63) is 57.3 Å². The molecule has 0 radical (unpaired) electrons. The summed E-state index contributed by atoms with van der Waals surface area (Å²) in [6, 6.07) is 9.13. The molecule has 0 aliphatic carbocycles. The molecule has 2 rings (SSSR count). The van der Waals surface area contributed by atoms with E-state index in [-0.39, 0.29) is 5.56 Å². The number of hydrogen-bond acceptors (Lipinski definition) is 2. The lowest BCUT2D eigenvalue weighted by Gasteiger charge is -2.20. The molecule has 0 bridgehead atoms. The predicted octanol–water partition coefficient (Wildman–Crippen LogP) is 4.10. The first-order valence-electron chi connectivity index (χ1n) is 5.69. The second-order valence-corrected chi connectivity index (χ2v) is 5.45. The van der Waals surface area contributed by atoms with E-state index in [0.717, 1.165) is 0 Å². The Morgan fingerprint density at radius 1 is 1.35 bits per heavy atom. The van der Waals surface area contributed by atoms with E-state index in [4.69, 9.17) is 17.3 Å². The number of carbonyl (C=O) groups excluding carboxylic acids is 1. The van der Waals surface area contributed by atoms with Gasteiger partial charge in [0.2, 0.25) is 0 Å². The molecule has 20 heavy (non-hydrogen) atoms. The first-order chi connectivity index (χ1) is 9.41. The highest BCUT2D eigenvalue weighted by atomic mass is 79.9. The van der Waals surface area contributed by atoms with Gasteiger partial charge in [-0.3, -0.25) is 4.79 Å². The van der Waals surface area contributed by atoms with Crippen LogP contribution in [0.25, 0.3) is 0 Å². The lowest BCUT2D eigenvalue weighted by atomic mass is 10.1. The minimum absolute atomic E-state index is 0.0469. The van der Waals surface area contributed by atoms with Crippen molar-refractivity contribution in [1.29, 1.82) is 0 Å². The molecule has 2 N–H and O–H groups in total. The van der Waals surface area contributed by atoms with E-state index in [9.17, 15) is 9.18 Å². The lowest BCUT2D eigenvalue weighted by molar-refractivity contribution is 0.0988. The number of hydrogen-bond donors (Lipinski definition) is 1. The molecule has 0 saturated heterocycles. The summed E-state index contributed by atoms with van der Waals surface area (Å²) in [5.41, 5.74) is 6.59. The Labute approximate surface area is 129 Å². The van der Waals surface area contributed by atoms with Gasteiger partial charge in [0.1, 0.15) is 5.82 Å². The maximum absolute atomic E-state index is 13.8. The summed E-state index contributed by atoms with van der Waals surface area (Å²) in [4.78, 5) is 13.7. The van der Waals surface area contributed by atoms with Crippen molar-refractivity contribution in [1.82, 2.24) is 0 Å². The van der Waals surface area contributed by atoms with Gasteiger partial charge in [-0.1, -0.05) is 17.7 Å². The Morgan fingerprint density at radius 3 is 2.70 bits per heavy atom. The van der Waals surface area contributed by atoms with Crippen molar-refractivity contribution in [2.75, 3.05) is 17.7 Å². The minimum atomic E-state index is -0.600. The van der Waals surface area contributed by atoms with Gasteiger partial charge in [-0.05, 0) is 46.3 Å². The molecule has 2 aromatic carbocycles. The molecule has 6 heteroatoms. The number of benzene rings is 2. The first kappa shape index (κ1) is 14.8. The third-order valence-corrected chi connectivity index (χ3v) is 3.73. The zero-order valence-corrected chi connectivity index (χ0v) is 12.9. The van der Waals surface area contributed by atoms with Crippen LogP contribution in [-0.4, -0.2) is 13.0 Å².